The third-order valence-corrected chi connectivity index (χ3v) is 7.45. The van der Waals surface area contributed by atoms with Gasteiger partial charge in [-0.3, -0.25) is 0 Å². The molecule has 1 N–H and O–H groups in total. The van der Waals surface area contributed by atoms with Crippen LogP contribution < -0.4 is 4.90 Å². The zero-order chi connectivity index (χ0) is 22.2. The fourth-order valence-corrected chi connectivity index (χ4v) is 6.11. The maximum absolute atomic E-state index is 9.78. The minimum atomic E-state index is 0.0645. The van der Waals surface area contributed by atoms with Gasteiger partial charge in [0.05, 0.1) is 22.5 Å². The van der Waals surface area contributed by atoms with Gasteiger partial charge < -0.3 is 10.0 Å². The Balaban J connectivity index is 1.55. The molecule has 0 unspecified atom stereocenters. The van der Waals surface area contributed by atoms with Crippen molar-refractivity contribution < 1.29 is 5.11 Å². The smallest absolute Gasteiger partial charge is 0.150 e. The van der Waals surface area contributed by atoms with Gasteiger partial charge in [0.15, 0.2) is 5.82 Å². The van der Waals surface area contributed by atoms with Gasteiger partial charge in [-0.2, -0.15) is 0 Å². The van der Waals surface area contributed by atoms with E-state index in [2.05, 4.69) is 46.3 Å². The number of hydrogen-bond donors (Lipinski definition) is 1. The van der Waals surface area contributed by atoms with Gasteiger partial charge in [0.1, 0.15) is 11.2 Å². The van der Waals surface area contributed by atoms with Crippen molar-refractivity contribution in [3.63, 3.8) is 0 Å². The summed E-state index contributed by atoms with van der Waals surface area (Å²) in [7, 11) is 0. The molecule has 0 saturated carbocycles. The molecule has 1 aliphatic rings. The molecule has 3 heterocycles. The van der Waals surface area contributed by atoms with E-state index in [-0.39, 0.29) is 6.61 Å². The van der Waals surface area contributed by atoms with Crippen LogP contribution in [0.25, 0.3) is 31.7 Å². The molecule has 0 amide bonds. The van der Waals surface area contributed by atoms with Crippen LogP contribution >= 0.6 is 11.3 Å². The predicted molar refractivity (Wildman–Crippen MR) is 135 cm³/mol. The van der Waals surface area contributed by atoms with E-state index < -0.39 is 0 Å². The van der Waals surface area contributed by atoms with E-state index in [0.717, 1.165) is 45.8 Å². The topological polar surface area (TPSA) is 62.1 Å². The fourth-order valence-electron chi connectivity index (χ4n) is 4.93. The molecule has 0 saturated heterocycles. The van der Waals surface area contributed by atoms with Crippen LogP contribution in [0.2, 0.25) is 0 Å². The number of aryl methyl sites for hydroxylation is 1. The Labute approximate surface area is 196 Å². The van der Waals surface area contributed by atoms with E-state index in [9.17, 15) is 5.11 Å². The number of aromatic nitrogens is 3. The minimum absolute atomic E-state index is 0.0645. The standard InChI is InChI=1S/C27H24N4OS/c32-15-14-31(16-18-8-3-1-4-9-18)26-25-24(28-17-29-26)22-20-12-7-13-21(20)23(30-27(22)33-25)19-10-5-2-6-11-19/h1-6,8-11,17,32H,7,12-16H2. The van der Waals surface area contributed by atoms with Gasteiger partial charge in [-0.25, -0.2) is 15.0 Å². The Morgan fingerprint density at radius 1 is 0.909 bits per heavy atom. The van der Waals surface area contributed by atoms with Crippen molar-refractivity contribution in [3.8, 4) is 11.3 Å². The summed E-state index contributed by atoms with van der Waals surface area (Å²) in [6.45, 7) is 1.26. The Bertz CT molecular complexity index is 1430. The first kappa shape index (κ1) is 20.3. The number of thiophene rings is 1. The first-order valence-corrected chi connectivity index (χ1v) is 12.2. The molecular formula is C27H24N4OS. The van der Waals surface area contributed by atoms with E-state index in [1.165, 1.54) is 27.6 Å². The zero-order valence-electron chi connectivity index (χ0n) is 18.2. The van der Waals surface area contributed by atoms with Gasteiger partial charge in [0, 0.05) is 24.0 Å². The predicted octanol–water partition coefficient (Wildman–Crippen LogP) is 5.39. The van der Waals surface area contributed by atoms with Crippen molar-refractivity contribution in [2.75, 3.05) is 18.1 Å². The molecule has 0 radical (unpaired) electrons. The van der Waals surface area contributed by atoms with Crippen LogP contribution in [0.15, 0.2) is 67.0 Å². The Morgan fingerprint density at radius 2 is 1.67 bits per heavy atom. The number of aliphatic hydroxyl groups excluding tert-OH is 1. The van der Waals surface area contributed by atoms with E-state index >= 15 is 0 Å². The Morgan fingerprint density at radius 3 is 2.45 bits per heavy atom. The lowest BCUT2D eigenvalue weighted by molar-refractivity contribution is 0.301. The van der Waals surface area contributed by atoms with Crippen LogP contribution in [0.5, 0.6) is 0 Å². The van der Waals surface area contributed by atoms with E-state index in [4.69, 9.17) is 9.97 Å². The first-order valence-electron chi connectivity index (χ1n) is 11.4. The maximum Gasteiger partial charge on any atom is 0.150 e. The molecule has 0 fully saturated rings. The third-order valence-electron chi connectivity index (χ3n) is 6.39. The molecule has 2 aromatic carbocycles. The van der Waals surface area contributed by atoms with Crippen LogP contribution in [-0.4, -0.2) is 33.2 Å². The molecule has 0 bridgehead atoms. The highest BCUT2D eigenvalue weighted by molar-refractivity contribution is 7.26. The van der Waals surface area contributed by atoms with Gasteiger partial charge in [-0.15, -0.1) is 11.3 Å². The third kappa shape index (κ3) is 3.56. The minimum Gasteiger partial charge on any atom is -0.395 e. The second-order valence-electron chi connectivity index (χ2n) is 8.43. The highest BCUT2D eigenvalue weighted by Crippen LogP contribution is 2.43. The summed E-state index contributed by atoms with van der Waals surface area (Å²) in [6.07, 6.45) is 4.92. The number of aliphatic hydroxyl groups is 1. The van der Waals surface area contributed by atoms with Gasteiger partial charge in [0.2, 0.25) is 0 Å². The summed E-state index contributed by atoms with van der Waals surface area (Å²) in [5, 5.41) is 11.0. The van der Waals surface area contributed by atoms with Crippen LogP contribution in [0.1, 0.15) is 23.1 Å². The largest absolute Gasteiger partial charge is 0.395 e. The van der Waals surface area contributed by atoms with Crippen molar-refractivity contribution in [1.29, 1.82) is 0 Å². The lowest BCUT2D eigenvalue weighted by Crippen LogP contribution is -2.27. The zero-order valence-corrected chi connectivity index (χ0v) is 19.1. The second kappa shape index (κ2) is 8.54. The highest BCUT2D eigenvalue weighted by Gasteiger charge is 2.25. The van der Waals surface area contributed by atoms with Crippen molar-refractivity contribution in [2.45, 2.75) is 25.8 Å². The molecule has 6 heteroatoms. The number of anilines is 1. The lowest BCUT2D eigenvalue weighted by atomic mass is 10.0. The summed E-state index contributed by atoms with van der Waals surface area (Å²) in [5.41, 5.74) is 7.21. The van der Waals surface area contributed by atoms with Gasteiger partial charge >= 0.3 is 0 Å². The molecule has 164 valence electrons. The molecule has 5 nitrogen and oxygen atoms in total. The molecule has 0 spiro atoms. The van der Waals surface area contributed by atoms with Crippen molar-refractivity contribution in [3.05, 3.63) is 83.7 Å². The number of pyridine rings is 1. The lowest BCUT2D eigenvalue weighted by Gasteiger charge is -2.23. The second-order valence-corrected chi connectivity index (χ2v) is 9.42. The Hall–Kier alpha value is -3.35. The number of hydrogen-bond acceptors (Lipinski definition) is 6. The number of benzene rings is 2. The molecule has 3 aromatic heterocycles. The molecule has 1 aliphatic carbocycles. The molecule has 6 rings (SSSR count). The summed E-state index contributed by atoms with van der Waals surface area (Å²) >= 11 is 1.67. The highest BCUT2D eigenvalue weighted by atomic mass is 32.1. The van der Waals surface area contributed by atoms with Crippen molar-refractivity contribution in [1.82, 2.24) is 15.0 Å². The quantitative estimate of drug-likeness (QED) is 0.374. The molecule has 5 aromatic rings. The monoisotopic (exact) mass is 452 g/mol. The van der Waals surface area contributed by atoms with E-state index in [0.29, 0.717) is 13.1 Å². The number of nitrogens with zero attached hydrogens (tertiary/aromatic N) is 4. The summed E-state index contributed by atoms with van der Waals surface area (Å²) in [6, 6.07) is 20.8. The first-order chi connectivity index (χ1) is 16.3. The normalized spacial score (nSPS) is 13.0. The Kier molecular flexibility index (Phi) is 5.24. The van der Waals surface area contributed by atoms with Crippen LogP contribution in [-0.2, 0) is 19.4 Å². The molecule has 33 heavy (non-hydrogen) atoms. The maximum atomic E-state index is 9.78. The molecule has 0 aliphatic heterocycles. The summed E-state index contributed by atoms with van der Waals surface area (Å²) < 4.78 is 1.05. The number of rotatable bonds is 6. The van der Waals surface area contributed by atoms with Crippen LogP contribution in [0.4, 0.5) is 5.82 Å². The SMILES string of the molecule is OCCN(Cc1ccccc1)c1ncnc2c1sc1nc(-c3ccccc3)c3c(c12)CCC3. The molecular weight excluding hydrogens is 428 g/mol. The summed E-state index contributed by atoms with van der Waals surface area (Å²) in [5.74, 6) is 0.869. The average molecular weight is 453 g/mol. The summed E-state index contributed by atoms with van der Waals surface area (Å²) in [4.78, 5) is 17.7. The molecule has 0 atom stereocenters. The van der Waals surface area contributed by atoms with Gasteiger partial charge in [0.25, 0.3) is 0 Å². The van der Waals surface area contributed by atoms with Gasteiger partial charge in [-0.1, -0.05) is 60.7 Å². The van der Waals surface area contributed by atoms with Crippen molar-refractivity contribution >= 4 is 37.6 Å². The number of fused-ring (bicyclic) bond motifs is 5. The van der Waals surface area contributed by atoms with E-state index in [1.54, 1.807) is 17.7 Å². The van der Waals surface area contributed by atoms with E-state index in [1.807, 2.05) is 24.3 Å². The van der Waals surface area contributed by atoms with Crippen molar-refractivity contribution in [2.24, 2.45) is 0 Å². The fraction of sp³-hybridized carbons (Fsp3) is 0.222. The van der Waals surface area contributed by atoms with Gasteiger partial charge in [-0.05, 0) is 36.0 Å². The average Bonchev–Trinajstić information content (AvgIpc) is 3.49. The van der Waals surface area contributed by atoms with Crippen LogP contribution in [0.3, 0.4) is 0 Å². The van der Waals surface area contributed by atoms with Crippen LogP contribution in [0, 0.1) is 0 Å².